The molecule has 1 aromatic heterocycles. The lowest BCUT2D eigenvalue weighted by molar-refractivity contribution is 0.0238. The molecule has 0 aromatic carbocycles. The standard InChI is InChI=1S/C19H26ClN3O5/c1-2-27-19(25)23-7-3-14(4-8-23)22-17(24)13-11-16(20)18(21-12-13)28-15-5-9-26-10-6-15/h11-12,14-15H,2-10H2,1H3,(H,22,24). The molecule has 2 aliphatic heterocycles. The zero-order valence-electron chi connectivity index (χ0n) is 16.0. The molecule has 28 heavy (non-hydrogen) atoms. The summed E-state index contributed by atoms with van der Waals surface area (Å²) >= 11 is 6.26. The Balaban J connectivity index is 1.50. The quantitative estimate of drug-likeness (QED) is 0.801. The number of nitrogens with zero attached hydrogens (tertiary/aromatic N) is 2. The summed E-state index contributed by atoms with van der Waals surface area (Å²) in [6, 6.07) is 1.57. The first-order valence-electron chi connectivity index (χ1n) is 9.69. The molecule has 0 bridgehead atoms. The zero-order valence-corrected chi connectivity index (χ0v) is 16.7. The van der Waals surface area contributed by atoms with E-state index in [4.69, 9.17) is 25.8 Å². The molecule has 2 amide bonds. The summed E-state index contributed by atoms with van der Waals surface area (Å²) in [6.07, 6.45) is 4.15. The largest absolute Gasteiger partial charge is 0.473 e. The van der Waals surface area contributed by atoms with Crippen molar-refractivity contribution in [3.05, 3.63) is 22.8 Å². The van der Waals surface area contributed by atoms with Crippen LogP contribution in [0.15, 0.2) is 12.3 Å². The minimum atomic E-state index is -0.302. The van der Waals surface area contributed by atoms with Crippen molar-refractivity contribution in [2.75, 3.05) is 32.9 Å². The second kappa shape index (κ2) is 9.93. The van der Waals surface area contributed by atoms with Gasteiger partial charge in [-0.15, -0.1) is 0 Å². The van der Waals surface area contributed by atoms with Crippen LogP contribution >= 0.6 is 11.6 Å². The Hall–Kier alpha value is -2.06. The third-order valence-electron chi connectivity index (χ3n) is 4.87. The number of likely N-dealkylation sites (tertiary alicyclic amines) is 1. The van der Waals surface area contributed by atoms with Crippen molar-refractivity contribution < 1.29 is 23.8 Å². The smallest absolute Gasteiger partial charge is 0.409 e. The first-order valence-corrected chi connectivity index (χ1v) is 10.1. The van der Waals surface area contributed by atoms with Gasteiger partial charge in [-0.05, 0) is 25.8 Å². The molecule has 9 heteroatoms. The van der Waals surface area contributed by atoms with Crippen molar-refractivity contribution >= 4 is 23.6 Å². The number of hydrogen-bond donors (Lipinski definition) is 1. The van der Waals surface area contributed by atoms with E-state index >= 15 is 0 Å². The highest BCUT2D eigenvalue weighted by molar-refractivity contribution is 6.32. The lowest BCUT2D eigenvalue weighted by Crippen LogP contribution is -2.46. The molecule has 0 radical (unpaired) electrons. The number of aromatic nitrogens is 1. The van der Waals surface area contributed by atoms with Gasteiger partial charge < -0.3 is 24.4 Å². The van der Waals surface area contributed by atoms with E-state index in [-0.39, 0.29) is 24.1 Å². The second-order valence-corrected chi connectivity index (χ2v) is 7.28. The Morgan fingerprint density at radius 1 is 1.29 bits per heavy atom. The molecule has 1 aromatic rings. The highest BCUT2D eigenvalue weighted by Crippen LogP contribution is 2.25. The zero-order chi connectivity index (χ0) is 19.9. The van der Waals surface area contributed by atoms with Gasteiger partial charge in [-0.25, -0.2) is 9.78 Å². The number of ether oxygens (including phenoxy) is 3. The molecule has 3 heterocycles. The predicted molar refractivity (Wildman–Crippen MR) is 103 cm³/mol. The Morgan fingerprint density at radius 3 is 2.64 bits per heavy atom. The van der Waals surface area contributed by atoms with E-state index in [1.807, 2.05) is 0 Å². The minimum Gasteiger partial charge on any atom is -0.473 e. The molecule has 154 valence electrons. The maximum Gasteiger partial charge on any atom is 0.409 e. The molecule has 3 rings (SSSR count). The summed E-state index contributed by atoms with van der Waals surface area (Å²) in [5.74, 6) is 0.106. The maximum absolute atomic E-state index is 12.5. The number of pyridine rings is 1. The molecule has 0 aliphatic carbocycles. The molecule has 8 nitrogen and oxygen atoms in total. The number of rotatable bonds is 5. The average Bonchev–Trinajstić information content (AvgIpc) is 2.71. The van der Waals surface area contributed by atoms with Crippen LogP contribution in [0.25, 0.3) is 0 Å². The summed E-state index contributed by atoms with van der Waals surface area (Å²) in [6.45, 7) is 4.58. The van der Waals surface area contributed by atoms with Crippen molar-refractivity contribution in [3.63, 3.8) is 0 Å². The van der Waals surface area contributed by atoms with Crippen molar-refractivity contribution in [1.29, 1.82) is 0 Å². The van der Waals surface area contributed by atoms with Crippen molar-refractivity contribution in [3.8, 4) is 5.88 Å². The highest BCUT2D eigenvalue weighted by Gasteiger charge is 2.25. The number of halogens is 1. The van der Waals surface area contributed by atoms with Crippen LogP contribution in [0.4, 0.5) is 4.79 Å². The first kappa shape index (κ1) is 20.7. The van der Waals surface area contributed by atoms with Crippen molar-refractivity contribution in [2.45, 2.75) is 44.8 Å². The van der Waals surface area contributed by atoms with Gasteiger partial charge in [0.25, 0.3) is 5.91 Å². The Labute approximate surface area is 169 Å². The summed E-state index contributed by atoms with van der Waals surface area (Å²) in [4.78, 5) is 30.1. The summed E-state index contributed by atoms with van der Waals surface area (Å²) in [5.41, 5.74) is 0.386. The Morgan fingerprint density at radius 2 is 2.00 bits per heavy atom. The van der Waals surface area contributed by atoms with E-state index in [1.54, 1.807) is 17.9 Å². The third kappa shape index (κ3) is 5.48. The number of carbonyl (C=O) groups is 2. The van der Waals surface area contributed by atoms with Crippen LogP contribution in [-0.2, 0) is 9.47 Å². The normalized spacial score (nSPS) is 18.6. The lowest BCUT2D eigenvalue weighted by atomic mass is 10.0. The fourth-order valence-corrected chi connectivity index (χ4v) is 3.49. The van der Waals surface area contributed by atoms with E-state index in [1.165, 1.54) is 6.20 Å². The van der Waals surface area contributed by atoms with Gasteiger partial charge in [0, 0.05) is 38.2 Å². The van der Waals surface area contributed by atoms with Crippen LogP contribution in [-0.4, -0.2) is 66.9 Å². The maximum atomic E-state index is 12.5. The molecule has 1 N–H and O–H groups in total. The van der Waals surface area contributed by atoms with Crippen LogP contribution in [0.3, 0.4) is 0 Å². The first-order chi connectivity index (χ1) is 13.6. The monoisotopic (exact) mass is 411 g/mol. The topological polar surface area (TPSA) is 90.0 Å². The summed E-state index contributed by atoms with van der Waals surface area (Å²) in [7, 11) is 0. The van der Waals surface area contributed by atoms with Gasteiger partial charge in [-0.1, -0.05) is 11.6 Å². The number of nitrogens with one attached hydrogen (secondary N) is 1. The SMILES string of the molecule is CCOC(=O)N1CCC(NC(=O)c2cnc(OC3CCOCC3)c(Cl)c2)CC1. The van der Waals surface area contributed by atoms with E-state index < -0.39 is 0 Å². The van der Waals surface area contributed by atoms with Crippen LogP contribution in [0.1, 0.15) is 43.0 Å². The number of carbonyl (C=O) groups excluding carboxylic acids is 2. The van der Waals surface area contributed by atoms with Gasteiger partial charge in [0.15, 0.2) is 0 Å². The van der Waals surface area contributed by atoms with Gasteiger partial charge in [-0.2, -0.15) is 0 Å². The lowest BCUT2D eigenvalue weighted by Gasteiger charge is -2.31. The molecule has 0 spiro atoms. The van der Waals surface area contributed by atoms with Gasteiger partial charge in [0.2, 0.25) is 5.88 Å². The fourth-order valence-electron chi connectivity index (χ4n) is 3.28. The van der Waals surface area contributed by atoms with Crippen LogP contribution in [0, 0.1) is 0 Å². The second-order valence-electron chi connectivity index (χ2n) is 6.87. The fraction of sp³-hybridized carbons (Fsp3) is 0.632. The third-order valence-corrected chi connectivity index (χ3v) is 5.14. The van der Waals surface area contributed by atoms with E-state index in [9.17, 15) is 9.59 Å². The average molecular weight is 412 g/mol. The minimum absolute atomic E-state index is 0.00452. The Bertz CT molecular complexity index is 688. The molecule has 0 unspecified atom stereocenters. The van der Waals surface area contributed by atoms with Gasteiger partial charge >= 0.3 is 6.09 Å². The molecule has 0 atom stereocenters. The van der Waals surface area contributed by atoms with Crippen LogP contribution < -0.4 is 10.1 Å². The molecule has 0 saturated carbocycles. The van der Waals surface area contributed by atoms with Gasteiger partial charge in [-0.3, -0.25) is 4.79 Å². The van der Waals surface area contributed by atoms with Crippen LogP contribution in [0.5, 0.6) is 5.88 Å². The van der Waals surface area contributed by atoms with E-state index in [0.717, 1.165) is 12.8 Å². The van der Waals surface area contributed by atoms with Gasteiger partial charge in [0.05, 0.1) is 25.4 Å². The molecular weight excluding hydrogens is 386 g/mol. The Kier molecular flexibility index (Phi) is 7.33. The predicted octanol–water partition coefficient (Wildman–Crippen LogP) is 2.64. The van der Waals surface area contributed by atoms with E-state index in [2.05, 4.69) is 10.3 Å². The summed E-state index contributed by atoms with van der Waals surface area (Å²) < 4.78 is 16.1. The number of hydrogen-bond acceptors (Lipinski definition) is 6. The molecule has 2 fully saturated rings. The number of piperidine rings is 1. The van der Waals surface area contributed by atoms with Crippen molar-refractivity contribution in [1.82, 2.24) is 15.2 Å². The van der Waals surface area contributed by atoms with E-state index in [0.29, 0.717) is 62.2 Å². The molecular formula is C19H26ClN3O5. The highest BCUT2D eigenvalue weighted by atomic mass is 35.5. The van der Waals surface area contributed by atoms with Crippen molar-refractivity contribution in [2.24, 2.45) is 0 Å². The molecule has 2 aliphatic rings. The van der Waals surface area contributed by atoms with Gasteiger partial charge in [0.1, 0.15) is 11.1 Å². The molecule has 2 saturated heterocycles. The van der Waals surface area contributed by atoms with Crippen LogP contribution in [0.2, 0.25) is 5.02 Å². The summed E-state index contributed by atoms with van der Waals surface area (Å²) in [5, 5.41) is 3.30. The number of amides is 2.